The number of benzene rings is 1. The molecule has 1 fully saturated rings. The summed E-state index contributed by atoms with van der Waals surface area (Å²) in [4.78, 5) is 13.6. The lowest BCUT2D eigenvalue weighted by molar-refractivity contribution is -0.129. The number of sulfonamides is 1. The Morgan fingerprint density at radius 1 is 1.25 bits per heavy atom. The van der Waals surface area contributed by atoms with Gasteiger partial charge in [0.15, 0.2) is 0 Å². The van der Waals surface area contributed by atoms with E-state index in [1.165, 1.54) is 0 Å². The largest absolute Gasteiger partial charge is 0.335 e. The predicted octanol–water partition coefficient (Wildman–Crippen LogP) is 1.25. The molecule has 2 atom stereocenters. The van der Waals surface area contributed by atoms with Gasteiger partial charge >= 0.3 is 0 Å². The third-order valence-corrected chi connectivity index (χ3v) is 5.03. The molecule has 0 bridgehead atoms. The number of aryl methyl sites for hydroxylation is 2. The average molecular weight is 296 g/mol. The van der Waals surface area contributed by atoms with Gasteiger partial charge in [0.1, 0.15) is 5.25 Å². The SMILES string of the molecule is Cc1cc(C)cc(C(C)N2CC(S(N)(=O)=O)CC2=O)c1. The van der Waals surface area contributed by atoms with Crippen molar-refractivity contribution < 1.29 is 13.2 Å². The van der Waals surface area contributed by atoms with Crippen molar-refractivity contribution in [3.63, 3.8) is 0 Å². The normalized spacial score (nSPS) is 21.3. The molecule has 0 spiro atoms. The molecule has 2 N–H and O–H groups in total. The lowest BCUT2D eigenvalue weighted by Gasteiger charge is -2.25. The highest BCUT2D eigenvalue weighted by atomic mass is 32.2. The molecular formula is C14H20N2O3S. The zero-order valence-electron chi connectivity index (χ0n) is 12.0. The number of hydrogen-bond donors (Lipinski definition) is 1. The number of rotatable bonds is 3. The van der Waals surface area contributed by atoms with Crippen molar-refractivity contribution in [2.45, 2.75) is 38.5 Å². The minimum atomic E-state index is -3.66. The summed E-state index contributed by atoms with van der Waals surface area (Å²) in [6.07, 6.45) is -0.0199. The van der Waals surface area contributed by atoms with Crippen LogP contribution < -0.4 is 5.14 Å². The van der Waals surface area contributed by atoms with Gasteiger partial charge in [-0.3, -0.25) is 4.79 Å². The molecule has 0 radical (unpaired) electrons. The highest BCUT2D eigenvalue weighted by Crippen LogP contribution is 2.28. The third kappa shape index (κ3) is 3.02. The van der Waals surface area contributed by atoms with Gasteiger partial charge in [-0.25, -0.2) is 13.6 Å². The summed E-state index contributed by atoms with van der Waals surface area (Å²) >= 11 is 0. The van der Waals surface area contributed by atoms with Crippen LogP contribution in [0.1, 0.15) is 36.1 Å². The zero-order valence-corrected chi connectivity index (χ0v) is 12.8. The first-order valence-corrected chi connectivity index (χ1v) is 8.18. The van der Waals surface area contributed by atoms with E-state index in [0.29, 0.717) is 0 Å². The van der Waals surface area contributed by atoms with Gasteiger partial charge in [-0.2, -0.15) is 0 Å². The molecule has 1 heterocycles. The van der Waals surface area contributed by atoms with Crippen LogP contribution in [0.2, 0.25) is 0 Å². The summed E-state index contributed by atoms with van der Waals surface area (Å²) in [6, 6.07) is 5.97. The first kappa shape index (κ1) is 15.0. The van der Waals surface area contributed by atoms with E-state index in [0.717, 1.165) is 16.7 Å². The van der Waals surface area contributed by atoms with Gasteiger partial charge < -0.3 is 4.90 Å². The molecule has 6 heteroatoms. The van der Waals surface area contributed by atoms with Gasteiger partial charge in [0.05, 0.1) is 6.04 Å². The third-order valence-electron chi connectivity index (χ3n) is 3.78. The first-order chi connectivity index (χ1) is 9.18. The second kappa shape index (κ2) is 5.18. The van der Waals surface area contributed by atoms with Crippen LogP contribution in [0.4, 0.5) is 0 Å². The van der Waals surface area contributed by atoms with E-state index in [4.69, 9.17) is 5.14 Å². The van der Waals surface area contributed by atoms with Crippen molar-refractivity contribution in [3.8, 4) is 0 Å². The van der Waals surface area contributed by atoms with Crippen LogP contribution >= 0.6 is 0 Å². The van der Waals surface area contributed by atoms with Gasteiger partial charge in [-0.1, -0.05) is 29.3 Å². The predicted molar refractivity (Wildman–Crippen MR) is 77.6 cm³/mol. The smallest absolute Gasteiger partial charge is 0.224 e. The van der Waals surface area contributed by atoms with Gasteiger partial charge in [0.25, 0.3) is 0 Å². The summed E-state index contributed by atoms with van der Waals surface area (Å²) in [5.74, 6) is -0.157. The summed E-state index contributed by atoms with van der Waals surface area (Å²) in [7, 11) is -3.66. The van der Waals surface area contributed by atoms with Gasteiger partial charge in [-0.05, 0) is 26.3 Å². The van der Waals surface area contributed by atoms with Crippen LogP contribution in [-0.2, 0) is 14.8 Å². The summed E-state index contributed by atoms with van der Waals surface area (Å²) < 4.78 is 22.8. The van der Waals surface area contributed by atoms with Crippen molar-refractivity contribution in [3.05, 3.63) is 34.9 Å². The molecule has 20 heavy (non-hydrogen) atoms. The highest BCUT2D eigenvalue weighted by molar-refractivity contribution is 7.89. The van der Waals surface area contributed by atoms with Crippen LogP contribution in [0.25, 0.3) is 0 Å². The maximum atomic E-state index is 12.0. The number of carbonyl (C=O) groups excluding carboxylic acids is 1. The van der Waals surface area contributed by atoms with E-state index in [2.05, 4.69) is 6.07 Å². The number of nitrogens with two attached hydrogens (primary N) is 1. The van der Waals surface area contributed by atoms with Crippen LogP contribution in [0, 0.1) is 13.8 Å². The van der Waals surface area contributed by atoms with Crippen molar-refractivity contribution >= 4 is 15.9 Å². The van der Waals surface area contributed by atoms with Crippen molar-refractivity contribution in [1.29, 1.82) is 0 Å². The maximum Gasteiger partial charge on any atom is 0.224 e. The second-order valence-corrected chi connectivity index (χ2v) is 7.40. The Bertz CT molecular complexity index is 620. The second-order valence-electron chi connectivity index (χ2n) is 5.56. The molecule has 0 aromatic heterocycles. The van der Waals surface area contributed by atoms with Crippen LogP contribution in [0.3, 0.4) is 0 Å². The lowest BCUT2D eigenvalue weighted by atomic mass is 10.0. The van der Waals surface area contributed by atoms with Gasteiger partial charge in [0, 0.05) is 13.0 Å². The topological polar surface area (TPSA) is 80.5 Å². The van der Waals surface area contributed by atoms with Crippen LogP contribution in [-0.4, -0.2) is 31.0 Å². The Kier molecular flexibility index (Phi) is 3.88. The molecular weight excluding hydrogens is 276 g/mol. The molecule has 1 aliphatic rings. The standard InChI is InChI=1S/C14H20N2O3S/c1-9-4-10(2)6-12(5-9)11(3)16-8-13(7-14(16)17)20(15,18)19/h4-6,11,13H,7-8H2,1-3H3,(H2,15,18,19). The summed E-state index contributed by atoms with van der Waals surface area (Å²) in [6.45, 7) is 6.09. The summed E-state index contributed by atoms with van der Waals surface area (Å²) in [5, 5.41) is 4.36. The number of hydrogen-bond acceptors (Lipinski definition) is 3. The Labute approximate surface area is 119 Å². The van der Waals surface area contributed by atoms with E-state index in [1.807, 2.05) is 32.9 Å². The van der Waals surface area contributed by atoms with Crippen molar-refractivity contribution in [1.82, 2.24) is 4.90 Å². The number of amides is 1. The maximum absolute atomic E-state index is 12.0. The number of primary sulfonamides is 1. The molecule has 0 saturated carbocycles. The number of carbonyl (C=O) groups is 1. The molecule has 1 aliphatic heterocycles. The Morgan fingerprint density at radius 3 is 2.25 bits per heavy atom. The lowest BCUT2D eigenvalue weighted by Crippen LogP contribution is -2.33. The van der Waals surface area contributed by atoms with E-state index in [1.54, 1.807) is 4.90 Å². The fourth-order valence-electron chi connectivity index (χ4n) is 2.72. The van der Waals surface area contributed by atoms with Crippen molar-refractivity contribution in [2.24, 2.45) is 5.14 Å². The van der Waals surface area contributed by atoms with Crippen LogP contribution in [0.15, 0.2) is 18.2 Å². The number of nitrogens with zero attached hydrogens (tertiary/aromatic N) is 1. The molecule has 2 rings (SSSR count). The van der Waals surface area contributed by atoms with Gasteiger partial charge in [0.2, 0.25) is 15.9 Å². The van der Waals surface area contributed by atoms with E-state index >= 15 is 0 Å². The fourth-order valence-corrected chi connectivity index (χ4v) is 3.47. The molecule has 1 aromatic carbocycles. The molecule has 1 aromatic rings. The molecule has 5 nitrogen and oxygen atoms in total. The Hall–Kier alpha value is -1.40. The Balaban J connectivity index is 2.25. The molecule has 1 amide bonds. The molecule has 0 aliphatic carbocycles. The van der Waals surface area contributed by atoms with Crippen LogP contribution in [0.5, 0.6) is 0 Å². The van der Waals surface area contributed by atoms with E-state index in [9.17, 15) is 13.2 Å². The highest BCUT2D eigenvalue weighted by Gasteiger charge is 2.38. The quantitative estimate of drug-likeness (QED) is 0.911. The molecule has 110 valence electrons. The van der Waals surface area contributed by atoms with E-state index < -0.39 is 15.3 Å². The molecule has 1 saturated heterocycles. The summed E-state index contributed by atoms with van der Waals surface area (Å²) in [5.41, 5.74) is 3.27. The first-order valence-electron chi connectivity index (χ1n) is 6.58. The minimum Gasteiger partial charge on any atom is -0.335 e. The van der Waals surface area contributed by atoms with Gasteiger partial charge in [-0.15, -0.1) is 0 Å². The number of likely N-dealkylation sites (tertiary alicyclic amines) is 1. The van der Waals surface area contributed by atoms with E-state index in [-0.39, 0.29) is 24.9 Å². The average Bonchev–Trinajstić information content (AvgIpc) is 2.69. The Morgan fingerprint density at radius 2 is 1.80 bits per heavy atom. The fraction of sp³-hybridized carbons (Fsp3) is 0.500. The monoisotopic (exact) mass is 296 g/mol. The van der Waals surface area contributed by atoms with Crippen molar-refractivity contribution in [2.75, 3.05) is 6.54 Å². The zero-order chi connectivity index (χ0) is 15.1. The minimum absolute atomic E-state index is 0.0199. The molecule has 2 unspecified atom stereocenters.